The van der Waals surface area contributed by atoms with Gasteiger partial charge in [-0.05, 0) is 61.7 Å². The van der Waals surface area contributed by atoms with Crippen molar-refractivity contribution >= 4 is 21.5 Å². The number of carbonyl (C=O) groups excluding carboxylic acids is 2. The van der Waals surface area contributed by atoms with Crippen molar-refractivity contribution in [3.05, 3.63) is 59.2 Å². The molecule has 1 aliphatic rings. The molecule has 6 nitrogen and oxygen atoms in total. The highest BCUT2D eigenvalue weighted by Crippen LogP contribution is 2.25. The number of nitrogens with zero attached hydrogens (tertiary/aromatic N) is 1. The van der Waals surface area contributed by atoms with Crippen molar-refractivity contribution in [2.24, 2.45) is 5.92 Å². The van der Waals surface area contributed by atoms with Crippen molar-refractivity contribution in [2.45, 2.75) is 24.7 Å². The second kappa shape index (κ2) is 7.75. The first kappa shape index (κ1) is 20.1. The molecule has 1 N–H and O–H groups in total. The summed E-state index contributed by atoms with van der Waals surface area (Å²) in [4.78, 5) is 27.3. The molecule has 7 heteroatoms. The Morgan fingerprint density at radius 1 is 1.04 bits per heavy atom. The van der Waals surface area contributed by atoms with Crippen molar-refractivity contribution in [1.29, 1.82) is 0 Å². The molecule has 1 heterocycles. The zero-order chi connectivity index (χ0) is 20.5. The van der Waals surface area contributed by atoms with Gasteiger partial charge in [0.2, 0.25) is 0 Å². The van der Waals surface area contributed by atoms with Crippen LogP contribution in [0, 0.1) is 12.8 Å². The van der Waals surface area contributed by atoms with Crippen molar-refractivity contribution in [1.82, 2.24) is 4.90 Å². The number of benzene rings is 2. The summed E-state index contributed by atoms with van der Waals surface area (Å²) in [7, 11) is -3.39. The summed E-state index contributed by atoms with van der Waals surface area (Å²) in [6, 6.07) is 10.8. The molecule has 1 saturated heterocycles. The molecule has 148 valence electrons. The minimum absolute atomic E-state index is 0.0161. The number of hydrogen-bond acceptors (Lipinski definition) is 5. The van der Waals surface area contributed by atoms with Gasteiger partial charge >= 0.3 is 0 Å². The molecule has 0 radical (unpaired) electrons. The molecule has 0 saturated carbocycles. The number of likely N-dealkylation sites (tertiary alicyclic amines) is 1. The molecule has 0 bridgehead atoms. The number of piperidine rings is 1. The first-order valence-electron chi connectivity index (χ1n) is 9.10. The third-order valence-corrected chi connectivity index (χ3v) is 6.28. The number of rotatable bonds is 4. The molecule has 1 aliphatic heterocycles. The number of sulfone groups is 1. The fourth-order valence-electron chi connectivity index (χ4n) is 3.44. The quantitative estimate of drug-likeness (QED) is 0.796. The van der Waals surface area contributed by atoms with E-state index >= 15 is 0 Å². The predicted molar refractivity (Wildman–Crippen MR) is 105 cm³/mol. The first-order chi connectivity index (χ1) is 13.2. The van der Waals surface area contributed by atoms with Gasteiger partial charge in [0.1, 0.15) is 5.75 Å². The Morgan fingerprint density at radius 2 is 1.64 bits per heavy atom. The summed E-state index contributed by atoms with van der Waals surface area (Å²) in [5, 5.41) is 9.35. The average molecular weight is 401 g/mol. The maximum Gasteiger partial charge on any atom is 0.254 e. The molecule has 0 spiro atoms. The largest absolute Gasteiger partial charge is 0.508 e. The lowest BCUT2D eigenvalue weighted by Gasteiger charge is -2.32. The van der Waals surface area contributed by atoms with Gasteiger partial charge in [-0.3, -0.25) is 9.59 Å². The number of amides is 1. The topological polar surface area (TPSA) is 91.8 Å². The second-order valence-corrected chi connectivity index (χ2v) is 9.24. The molecule has 0 aliphatic carbocycles. The van der Waals surface area contributed by atoms with Crippen molar-refractivity contribution < 1.29 is 23.1 Å². The maximum atomic E-state index is 12.9. The number of hydrogen-bond donors (Lipinski definition) is 1. The Hall–Kier alpha value is -2.67. The van der Waals surface area contributed by atoms with Crippen LogP contribution in [-0.2, 0) is 9.84 Å². The van der Waals surface area contributed by atoms with Crippen LogP contribution < -0.4 is 0 Å². The van der Waals surface area contributed by atoms with E-state index in [1.54, 1.807) is 30.0 Å². The van der Waals surface area contributed by atoms with Crippen LogP contribution >= 0.6 is 0 Å². The van der Waals surface area contributed by atoms with Crippen LogP contribution in [0.5, 0.6) is 5.75 Å². The lowest BCUT2D eigenvalue weighted by atomic mass is 9.88. The maximum absolute atomic E-state index is 12.9. The lowest BCUT2D eigenvalue weighted by molar-refractivity contribution is 0.0649. The van der Waals surface area contributed by atoms with Crippen molar-refractivity contribution in [3.8, 4) is 5.75 Å². The minimum atomic E-state index is -3.39. The fraction of sp³-hybridized carbons (Fsp3) is 0.333. The Balaban J connectivity index is 1.70. The Kier molecular flexibility index (Phi) is 5.56. The first-order valence-corrected chi connectivity index (χ1v) is 11.0. The molecule has 0 atom stereocenters. The van der Waals surface area contributed by atoms with E-state index in [0.29, 0.717) is 37.1 Å². The van der Waals surface area contributed by atoms with Crippen molar-refractivity contribution in [3.63, 3.8) is 0 Å². The van der Waals surface area contributed by atoms with Crippen LogP contribution in [0.3, 0.4) is 0 Å². The molecule has 0 unspecified atom stereocenters. The number of aryl methyl sites for hydroxylation is 1. The number of ketones is 1. The van der Waals surface area contributed by atoms with Gasteiger partial charge in [-0.25, -0.2) is 8.42 Å². The fourth-order valence-corrected chi connectivity index (χ4v) is 4.09. The van der Waals surface area contributed by atoms with E-state index in [0.717, 1.165) is 11.8 Å². The normalized spacial score (nSPS) is 15.4. The van der Waals surface area contributed by atoms with Crippen LogP contribution in [0.1, 0.15) is 39.1 Å². The van der Waals surface area contributed by atoms with Crippen LogP contribution in [0.4, 0.5) is 0 Å². The third kappa shape index (κ3) is 4.25. The summed E-state index contributed by atoms with van der Waals surface area (Å²) >= 11 is 0. The monoisotopic (exact) mass is 401 g/mol. The van der Waals surface area contributed by atoms with Gasteiger partial charge in [0.15, 0.2) is 15.6 Å². The van der Waals surface area contributed by atoms with Gasteiger partial charge in [0.05, 0.1) is 4.90 Å². The summed E-state index contributed by atoms with van der Waals surface area (Å²) < 4.78 is 23.6. The molecule has 2 aromatic rings. The van der Waals surface area contributed by atoms with Gasteiger partial charge in [0, 0.05) is 36.4 Å². The highest BCUT2D eigenvalue weighted by molar-refractivity contribution is 7.90. The summed E-state index contributed by atoms with van der Waals surface area (Å²) in [6.45, 7) is 2.66. The molecule has 0 aromatic heterocycles. The van der Waals surface area contributed by atoms with E-state index in [4.69, 9.17) is 0 Å². The van der Waals surface area contributed by atoms with Crippen LogP contribution in [0.15, 0.2) is 47.4 Å². The highest BCUT2D eigenvalue weighted by Gasteiger charge is 2.29. The smallest absolute Gasteiger partial charge is 0.254 e. The Bertz CT molecular complexity index is 1000. The Labute approximate surface area is 164 Å². The van der Waals surface area contributed by atoms with Crippen LogP contribution in [-0.4, -0.2) is 49.5 Å². The van der Waals surface area contributed by atoms with E-state index in [9.17, 15) is 23.1 Å². The SMILES string of the molecule is Cc1ccc(S(C)(=O)=O)cc1C(=O)N1CCC(C(=O)c2ccc(O)cc2)CC1. The summed E-state index contributed by atoms with van der Waals surface area (Å²) in [5.74, 6) is -0.249. The molecule has 1 fully saturated rings. The third-order valence-electron chi connectivity index (χ3n) is 5.17. The molecule has 28 heavy (non-hydrogen) atoms. The minimum Gasteiger partial charge on any atom is -0.508 e. The van der Waals surface area contributed by atoms with E-state index in [2.05, 4.69) is 0 Å². The Morgan fingerprint density at radius 3 is 2.21 bits per heavy atom. The standard InChI is InChI=1S/C21H23NO5S/c1-14-3-8-18(28(2,26)27)13-19(14)21(25)22-11-9-16(10-12-22)20(24)15-4-6-17(23)7-5-15/h3-8,13,16,23H,9-12H2,1-2H3. The molecule has 3 rings (SSSR count). The van der Waals surface area contributed by atoms with Gasteiger partial charge < -0.3 is 10.0 Å². The zero-order valence-electron chi connectivity index (χ0n) is 15.9. The summed E-state index contributed by atoms with van der Waals surface area (Å²) in [5.41, 5.74) is 1.66. The van der Waals surface area contributed by atoms with Gasteiger partial charge in [-0.2, -0.15) is 0 Å². The average Bonchev–Trinajstić information content (AvgIpc) is 2.67. The van der Waals surface area contributed by atoms with E-state index in [1.165, 1.54) is 24.3 Å². The van der Waals surface area contributed by atoms with E-state index < -0.39 is 9.84 Å². The number of Topliss-reactive ketones (excluding diaryl/α,β-unsaturated/α-hetero) is 1. The number of phenols is 1. The number of phenolic OH excluding ortho intramolecular Hbond substituents is 1. The number of aromatic hydroxyl groups is 1. The molecular formula is C21H23NO5S. The summed E-state index contributed by atoms with van der Waals surface area (Å²) in [6.07, 6.45) is 2.22. The second-order valence-electron chi connectivity index (χ2n) is 7.23. The molecular weight excluding hydrogens is 378 g/mol. The molecule has 2 aromatic carbocycles. The van der Waals surface area contributed by atoms with Gasteiger partial charge in [-0.15, -0.1) is 0 Å². The lowest BCUT2D eigenvalue weighted by Crippen LogP contribution is -2.40. The zero-order valence-corrected chi connectivity index (χ0v) is 16.7. The molecule has 1 amide bonds. The van der Waals surface area contributed by atoms with Crippen molar-refractivity contribution in [2.75, 3.05) is 19.3 Å². The highest BCUT2D eigenvalue weighted by atomic mass is 32.2. The predicted octanol–water partition coefficient (Wildman–Crippen LogP) is 2.84. The van der Waals surface area contributed by atoms with Gasteiger partial charge in [0.25, 0.3) is 5.91 Å². The van der Waals surface area contributed by atoms with E-state index in [-0.39, 0.29) is 28.3 Å². The van der Waals surface area contributed by atoms with Crippen LogP contribution in [0.2, 0.25) is 0 Å². The van der Waals surface area contributed by atoms with Gasteiger partial charge in [-0.1, -0.05) is 6.07 Å². The number of carbonyl (C=O) groups is 2. The van der Waals surface area contributed by atoms with Crippen LogP contribution in [0.25, 0.3) is 0 Å². The van der Waals surface area contributed by atoms with E-state index in [1.807, 2.05) is 0 Å².